The van der Waals surface area contributed by atoms with Gasteiger partial charge in [-0.05, 0) is 55.0 Å². The van der Waals surface area contributed by atoms with Crippen molar-refractivity contribution in [2.24, 2.45) is 0 Å². The number of carbonyl (C=O) groups excluding carboxylic acids is 2. The van der Waals surface area contributed by atoms with Gasteiger partial charge in [-0.1, -0.05) is 47.5 Å². The lowest BCUT2D eigenvalue weighted by Crippen LogP contribution is -2.27. The number of halogens is 4. The molecule has 0 aliphatic rings. The van der Waals surface area contributed by atoms with Gasteiger partial charge < -0.3 is 15.3 Å². The average molecular weight is 507 g/mol. The van der Waals surface area contributed by atoms with E-state index < -0.39 is 12.0 Å². The molecule has 0 radical (unpaired) electrons. The van der Waals surface area contributed by atoms with Crippen molar-refractivity contribution < 1.29 is 23.5 Å². The smallest absolute Gasteiger partial charge is 0.298 e. The van der Waals surface area contributed by atoms with Crippen LogP contribution in [0.2, 0.25) is 10.0 Å². The number of rotatable bonds is 7. The summed E-state index contributed by atoms with van der Waals surface area (Å²) in [5.74, 6) is -4.00. The molecule has 2 amide bonds. The highest BCUT2D eigenvalue weighted by atomic mass is 35.5. The summed E-state index contributed by atoms with van der Waals surface area (Å²) in [6.45, 7) is 1.02. The first kappa shape index (κ1) is 25.6. The van der Waals surface area contributed by atoms with Crippen LogP contribution in [0.15, 0.2) is 66.7 Å². The monoisotopic (exact) mass is 506 g/mol. The first-order chi connectivity index (χ1) is 16.0. The van der Waals surface area contributed by atoms with Crippen LogP contribution in [0.25, 0.3) is 0 Å². The van der Waals surface area contributed by atoms with Gasteiger partial charge in [0.05, 0.1) is 6.42 Å². The number of hydrogen-bond donors (Lipinski definition) is 2. The Bertz CT molecular complexity index is 1160. The van der Waals surface area contributed by atoms with Crippen molar-refractivity contribution in [2.75, 3.05) is 17.3 Å². The zero-order valence-corrected chi connectivity index (χ0v) is 19.9. The number of aliphatic hydroxyl groups excluding tert-OH is 1. The summed E-state index contributed by atoms with van der Waals surface area (Å²) in [5.41, 5.74) is 1.63. The second-order valence-electron chi connectivity index (χ2n) is 7.79. The predicted molar refractivity (Wildman–Crippen MR) is 130 cm³/mol. The fourth-order valence-electron chi connectivity index (χ4n) is 3.22. The third kappa shape index (κ3) is 6.11. The maximum Gasteiger partial charge on any atom is 0.298 e. The number of anilines is 2. The van der Waals surface area contributed by atoms with Crippen molar-refractivity contribution >= 4 is 46.4 Å². The summed E-state index contributed by atoms with van der Waals surface area (Å²) in [6.07, 6.45) is -1.85. The molecule has 178 valence electrons. The van der Waals surface area contributed by atoms with Gasteiger partial charge in [0.15, 0.2) is 0 Å². The van der Waals surface area contributed by atoms with Gasteiger partial charge in [-0.25, -0.2) is 0 Å². The maximum absolute atomic E-state index is 13.9. The van der Waals surface area contributed by atoms with Gasteiger partial charge >= 0.3 is 0 Å². The molecule has 0 aliphatic heterocycles. The van der Waals surface area contributed by atoms with Gasteiger partial charge in [-0.15, -0.1) is 0 Å². The highest BCUT2D eigenvalue weighted by Gasteiger charge is 2.37. The SMILES string of the molecule is CC(O)C(F)(F)c1ccc(CC(=O)Nc2ccc(C(=O)N(C)c3cc(Cl)cc(Cl)c3)cc2)cc1. The number of carbonyl (C=O) groups is 2. The molecule has 0 heterocycles. The van der Waals surface area contributed by atoms with E-state index >= 15 is 0 Å². The molecule has 1 unspecified atom stereocenters. The van der Waals surface area contributed by atoms with Crippen molar-refractivity contribution in [2.45, 2.75) is 25.4 Å². The standard InChI is InChI=1S/C25H22Cl2F2N2O3/c1-15(32)25(28,29)18-7-3-16(4-8-18)11-23(33)30-21-9-5-17(6-10-21)24(34)31(2)22-13-19(26)12-20(27)14-22/h3-10,12-15,32H,11H2,1-2H3,(H,30,33). The van der Waals surface area contributed by atoms with E-state index in [1.54, 1.807) is 49.5 Å². The Kier molecular flexibility index (Phi) is 7.92. The van der Waals surface area contributed by atoms with Crippen molar-refractivity contribution in [3.63, 3.8) is 0 Å². The number of nitrogens with zero attached hydrogens (tertiary/aromatic N) is 1. The van der Waals surface area contributed by atoms with Crippen LogP contribution in [-0.2, 0) is 17.1 Å². The zero-order valence-electron chi connectivity index (χ0n) is 18.4. The Morgan fingerprint density at radius 3 is 2.09 bits per heavy atom. The molecule has 0 saturated heterocycles. The minimum absolute atomic E-state index is 0.0283. The number of amides is 2. The summed E-state index contributed by atoms with van der Waals surface area (Å²) in [4.78, 5) is 26.5. The molecule has 3 aromatic rings. The quantitative estimate of drug-likeness (QED) is 0.417. The Morgan fingerprint density at radius 2 is 1.56 bits per heavy atom. The lowest BCUT2D eigenvalue weighted by molar-refractivity contribution is -0.115. The van der Waals surface area contributed by atoms with Gasteiger partial charge in [0, 0.05) is 39.6 Å². The van der Waals surface area contributed by atoms with Gasteiger partial charge in [-0.2, -0.15) is 8.78 Å². The van der Waals surface area contributed by atoms with E-state index in [1.165, 1.54) is 29.2 Å². The fourth-order valence-corrected chi connectivity index (χ4v) is 3.73. The van der Waals surface area contributed by atoms with E-state index in [0.29, 0.717) is 32.5 Å². The molecule has 0 saturated carbocycles. The maximum atomic E-state index is 13.9. The Labute approximate surface area is 205 Å². The Morgan fingerprint density at radius 1 is 1.00 bits per heavy atom. The minimum Gasteiger partial charge on any atom is -0.387 e. The van der Waals surface area contributed by atoms with Crippen LogP contribution in [0.4, 0.5) is 20.2 Å². The highest BCUT2D eigenvalue weighted by Crippen LogP contribution is 2.31. The summed E-state index contributed by atoms with van der Waals surface area (Å²) in [5, 5.41) is 12.8. The number of nitrogens with one attached hydrogen (secondary N) is 1. The molecule has 3 rings (SSSR count). The molecule has 0 spiro atoms. The summed E-state index contributed by atoms with van der Waals surface area (Å²) < 4.78 is 27.7. The van der Waals surface area contributed by atoms with Crippen molar-refractivity contribution in [3.05, 3.63) is 93.5 Å². The van der Waals surface area contributed by atoms with E-state index in [9.17, 15) is 23.5 Å². The second-order valence-corrected chi connectivity index (χ2v) is 8.66. The van der Waals surface area contributed by atoms with Gasteiger partial charge in [-0.3, -0.25) is 9.59 Å². The zero-order chi connectivity index (χ0) is 25.0. The molecule has 34 heavy (non-hydrogen) atoms. The van der Waals surface area contributed by atoms with Crippen LogP contribution in [0.3, 0.4) is 0 Å². The molecule has 0 aliphatic carbocycles. The van der Waals surface area contributed by atoms with Gasteiger partial charge in [0.25, 0.3) is 11.8 Å². The first-order valence-corrected chi connectivity index (χ1v) is 11.0. The molecular weight excluding hydrogens is 485 g/mol. The minimum atomic E-state index is -3.37. The lowest BCUT2D eigenvalue weighted by Gasteiger charge is -2.19. The molecule has 3 aromatic carbocycles. The Hall–Kier alpha value is -3.00. The number of alkyl halides is 2. The van der Waals surface area contributed by atoms with Crippen LogP contribution in [0.1, 0.15) is 28.4 Å². The molecule has 0 bridgehead atoms. The molecular formula is C25H22Cl2F2N2O3. The second kappa shape index (κ2) is 10.5. The van der Waals surface area contributed by atoms with E-state index in [-0.39, 0.29) is 23.8 Å². The summed E-state index contributed by atoms with van der Waals surface area (Å²) >= 11 is 12.0. The van der Waals surface area contributed by atoms with E-state index in [1.807, 2.05) is 0 Å². The molecule has 9 heteroatoms. The van der Waals surface area contributed by atoms with E-state index in [0.717, 1.165) is 6.92 Å². The number of aliphatic hydroxyl groups is 1. The Balaban J connectivity index is 1.62. The fraction of sp³-hybridized carbons (Fsp3) is 0.200. The molecule has 1 atom stereocenters. The lowest BCUT2D eigenvalue weighted by atomic mass is 10.0. The van der Waals surface area contributed by atoms with Gasteiger partial charge in [0.2, 0.25) is 5.91 Å². The highest BCUT2D eigenvalue weighted by molar-refractivity contribution is 6.35. The van der Waals surface area contributed by atoms with Crippen LogP contribution in [-0.4, -0.2) is 30.1 Å². The third-order valence-electron chi connectivity index (χ3n) is 5.18. The topological polar surface area (TPSA) is 69.6 Å². The van der Waals surface area contributed by atoms with Crippen molar-refractivity contribution in [3.8, 4) is 0 Å². The van der Waals surface area contributed by atoms with Crippen molar-refractivity contribution in [1.82, 2.24) is 0 Å². The first-order valence-electron chi connectivity index (χ1n) is 10.3. The summed E-state index contributed by atoms with van der Waals surface area (Å²) in [7, 11) is 1.60. The normalized spacial score (nSPS) is 12.2. The largest absolute Gasteiger partial charge is 0.387 e. The molecule has 0 aromatic heterocycles. The molecule has 5 nitrogen and oxygen atoms in total. The van der Waals surface area contributed by atoms with Crippen LogP contribution >= 0.6 is 23.2 Å². The molecule has 2 N–H and O–H groups in total. The van der Waals surface area contributed by atoms with Crippen LogP contribution < -0.4 is 10.2 Å². The predicted octanol–water partition coefficient (Wildman–Crippen LogP) is 5.92. The van der Waals surface area contributed by atoms with Crippen molar-refractivity contribution in [1.29, 1.82) is 0 Å². The van der Waals surface area contributed by atoms with E-state index in [4.69, 9.17) is 23.2 Å². The molecule has 0 fully saturated rings. The third-order valence-corrected chi connectivity index (χ3v) is 5.62. The van der Waals surface area contributed by atoms with Crippen LogP contribution in [0, 0.1) is 0 Å². The van der Waals surface area contributed by atoms with E-state index in [2.05, 4.69) is 5.32 Å². The number of benzene rings is 3. The van der Waals surface area contributed by atoms with Crippen LogP contribution in [0.5, 0.6) is 0 Å². The number of hydrogen-bond acceptors (Lipinski definition) is 3. The average Bonchev–Trinajstić information content (AvgIpc) is 2.78. The van der Waals surface area contributed by atoms with Gasteiger partial charge in [0.1, 0.15) is 6.10 Å². The summed E-state index contributed by atoms with van der Waals surface area (Å²) in [6, 6.07) is 16.4.